The fourth-order valence-corrected chi connectivity index (χ4v) is 3.15. The number of hydrogen-bond donors (Lipinski definition) is 2. The van der Waals surface area contributed by atoms with Gasteiger partial charge in [0.05, 0.1) is 24.0 Å². The van der Waals surface area contributed by atoms with Gasteiger partial charge in [0.2, 0.25) is 10.0 Å². The predicted octanol–water partition coefficient (Wildman–Crippen LogP) is 0.296. The molecule has 1 aromatic carbocycles. The number of hydrogen-bond acceptors (Lipinski definition) is 6. The quantitative estimate of drug-likeness (QED) is 0.570. The lowest BCUT2D eigenvalue weighted by Gasteiger charge is -2.23. The molecule has 0 fully saturated rings. The number of rotatable bonds is 6. The van der Waals surface area contributed by atoms with Crippen molar-refractivity contribution in [2.75, 3.05) is 29.4 Å². The predicted molar refractivity (Wildman–Crippen MR) is 76.6 cm³/mol. The van der Waals surface area contributed by atoms with Gasteiger partial charge in [0.1, 0.15) is 0 Å². The molecule has 0 radical (unpaired) electrons. The van der Waals surface area contributed by atoms with Crippen molar-refractivity contribution in [3.8, 4) is 0 Å². The van der Waals surface area contributed by atoms with Crippen LogP contribution in [0.15, 0.2) is 18.2 Å². The van der Waals surface area contributed by atoms with Gasteiger partial charge in [0, 0.05) is 6.54 Å². The Morgan fingerprint density at radius 3 is 2.43 bits per heavy atom. The minimum Gasteiger partial charge on any atom is -0.478 e. The third kappa shape index (κ3) is 3.85. The molecule has 0 saturated heterocycles. The van der Waals surface area contributed by atoms with Gasteiger partial charge in [-0.2, -0.15) is 0 Å². The summed E-state index contributed by atoms with van der Waals surface area (Å²) >= 11 is 0. The third-order valence-electron chi connectivity index (χ3n) is 2.69. The Labute approximate surface area is 122 Å². The molecule has 0 bridgehead atoms. The van der Waals surface area contributed by atoms with Crippen LogP contribution in [-0.4, -0.2) is 44.9 Å². The number of carboxylic acids is 1. The minimum atomic E-state index is -3.96. The van der Waals surface area contributed by atoms with Crippen LogP contribution in [0.25, 0.3) is 0 Å². The number of carbonyl (C=O) groups is 2. The molecule has 0 saturated carbocycles. The maximum Gasteiger partial charge on any atom is 0.335 e. The molecule has 0 unspecified atom stereocenters. The second-order valence-corrected chi connectivity index (χ2v) is 5.97. The molecular weight excluding hydrogens is 300 g/mol. The van der Waals surface area contributed by atoms with Crippen LogP contribution in [0.5, 0.6) is 0 Å². The maximum atomic E-state index is 12.2. The van der Waals surface area contributed by atoms with Crippen LogP contribution >= 0.6 is 0 Å². The average molecular weight is 316 g/mol. The average Bonchev–Trinajstić information content (AvgIpc) is 2.40. The van der Waals surface area contributed by atoms with Gasteiger partial charge in [-0.1, -0.05) is 0 Å². The maximum absolute atomic E-state index is 12.2. The normalized spacial score (nSPS) is 11.0. The van der Waals surface area contributed by atoms with E-state index in [9.17, 15) is 18.0 Å². The zero-order valence-electron chi connectivity index (χ0n) is 11.6. The Morgan fingerprint density at radius 1 is 1.38 bits per heavy atom. The number of methoxy groups -OCH3 is 1. The molecular formula is C12H16N2O6S. The van der Waals surface area contributed by atoms with Gasteiger partial charge < -0.3 is 15.6 Å². The van der Waals surface area contributed by atoms with Crippen molar-refractivity contribution in [2.45, 2.75) is 6.92 Å². The summed E-state index contributed by atoms with van der Waals surface area (Å²) in [5.74, 6) is -2.89. The molecule has 1 aromatic rings. The van der Waals surface area contributed by atoms with E-state index in [1.807, 2.05) is 0 Å². The molecule has 0 spiro atoms. The highest BCUT2D eigenvalue weighted by Gasteiger charge is 2.26. The van der Waals surface area contributed by atoms with E-state index in [2.05, 4.69) is 4.74 Å². The van der Waals surface area contributed by atoms with Gasteiger partial charge in [0.15, 0.2) is 5.75 Å². The topological polar surface area (TPSA) is 127 Å². The van der Waals surface area contributed by atoms with Crippen LogP contribution in [0.4, 0.5) is 11.4 Å². The van der Waals surface area contributed by atoms with Gasteiger partial charge in [-0.3, -0.25) is 9.10 Å². The molecule has 0 aliphatic heterocycles. The molecule has 8 nitrogen and oxygen atoms in total. The van der Waals surface area contributed by atoms with Gasteiger partial charge in [-0.15, -0.1) is 0 Å². The molecule has 116 valence electrons. The van der Waals surface area contributed by atoms with E-state index in [4.69, 9.17) is 10.8 Å². The summed E-state index contributed by atoms with van der Waals surface area (Å²) in [4.78, 5) is 22.0. The summed E-state index contributed by atoms with van der Waals surface area (Å²) in [5, 5.41) is 8.86. The number of carboxylic acid groups (broad SMARTS) is 1. The monoisotopic (exact) mass is 316 g/mol. The number of benzene rings is 1. The summed E-state index contributed by atoms with van der Waals surface area (Å²) in [5.41, 5.74) is 5.76. The van der Waals surface area contributed by atoms with E-state index >= 15 is 0 Å². The number of nitrogens with two attached hydrogens (primary N) is 1. The Kier molecular flexibility index (Phi) is 5.14. The second-order valence-electron chi connectivity index (χ2n) is 4.08. The van der Waals surface area contributed by atoms with Crippen molar-refractivity contribution in [2.24, 2.45) is 0 Å². The number of sulfonamides is 1. The number of ether oxygens (including phenoxy) is 1. The first-order valence-corrected chi connectivity index (χ1v) is 7.54. The van der Waals surface area contributed by atoms with Crippen molar-refractivity contribution >= 4 is 33.3 Å². The Hall–Kier alpha value is -2.29. The Morgan fingerprint density at radius 2 is 2.00 bits per heavy atom. The highest BCUT2D eigenvalue weighted by Crippen LogP contribution is 2.27. The molecule has 1 rings (SSSR count). The molecule has 9 heteroatoms. The number of anilines is 2. The van der Waals surface area contributed by atoms with E-state index in [1.165, 1.54) is 12.1 Å². The van der Waals surface area contributed by atoms with Crippen LogP contribution in [0.1, 0.15) is 17.3 Å². The third-order valence-corrected chi connectivity index (χ3v) is 4.42. The largest absolute Gasteiger partial charge is 0.478 e. The van der Waals surface area contributed by atoms with Crippen LogP contribution in [0.3, 0.4) is 0 Å². The Balaban J connectivity index is 3.22. The summed E-state index contributed by atoms with van der Waals surface area (Å²) in [6, 6.07) is 3.69. The molecule has 0 amide bonds. The fourth-order valence-electron chi connectivity index (χ4n) is 1.72. The van der Waals surface area contributed by atoms with E-state index in [0.717, 1.165) is 17.5 Å². The molecule has 21 heavy (non-hydrogen) atoms. The van der Waals surface area contributed by atoms with Crippen molar-refractivity contribution in [1.29, 1.82) is 0 Å². The van der Waals surface area contributed by atoms with Crippen molar-refractivity contribution in [3.63, 3.8) is 0 Å². The molecule has 0 atom stereocenters. The van der Waals surface area contributed by atoms with Gasteiger partial charge in [0.25, 0.3) is 0 Å². The highest BCUT2D eigenvalue weighted by molar-refractivity contribution is 7.93. The summed E-state index contributed by atoms with van der Waals surface area (Å²) in [7, 11) is -2.87. The zero-order chi connectivity index (χ0) is 16.2. The zero-order valence-corrected chi connectivity index (χ0v) is 12.4. The standard InChI is InChI=1S/C12H16N2O6S/c1-3-14(21(18,19)7-11(15)20-2)10-5-4-8(12(16)17)6-9(10)13/h4-6H,3,7,13H2,1-2H3,(H,16,17). The number of carbonyl (C=O) groups excluding carboxylic acids is 1. The first kappa shape index (κ1) is 16.8. The van der Waals surface area contributed by atoms with Gasteiger partial charge >= 0.3 is 11.9 Å². The number of aromatic carboxylic acids is 1. The van der Waals surface area contributed by atoms with Crippen LogP contribution in [0.2, 0.25) is 0 Å². The smallest absolute Gasteiger partial charge is 0.335 e. The SMILES string of the molecule is CCN(c1ccc(C(=O)O)cc1N)S(=O)(=O)CC(=O)OC. The lowest BCUT2D eigenvalue weighted by molar-refractivity contribution is -0.137. The van der Waals surface area contributed by atoms with Crippen molar-refractivity contribution < 1.29 is 27.9 Å². The number of nitrogens with zero attached hydrogens (tertiary/aromatic N) is 1. The van der Waals surface area contributed by atoms with E-state index < -0.39 is 27.7 Å². The van der Waals surface area contributed by atoms with E-state index in [0.29, 0.717) is 0 Å². The lowest BCUT2D eigenvalue weighted by Crippen LogP contribution is -2.36. The number of nitrogen functional groups attached to an aromatic ring is 1. The summed E-state index contributed by atoms with van der Waals surface area (Å²) < 4.78 is 29.6. The van der Waals surface area contributed by atoms with Crippen LogP contribution in [0, 0.1) is 0 Å². The van der Waals surface area contributed by atoms with E-state index in [-0.39, 0.29) is 23.5 Å². The molecule has 0 aliphatic rings. The highest BCUT2D eigenvalue weighted by atomic mass is 32.2. The summed E-state index contributed by atoms with van der Waals surface area (Å²) in [6.45, 7) is 1.61. The molecule has 0 heterocycles. The fraction of sp³-hybridized carbons (Fsp3) is 0.333. The Bertz CT molecular complexity index is 656. The molecule has 0 aromatic heterocycles. The minimum absolute atomic E-state index is 0.00908. The van der Waals surface area contributed by atoms with E-state index in [1.54, 1.807) is 6.92 Å². The first-order chi connectivity index (χ1) is 9.72. The van der Waals surface area contributed by atoms with Gasteiger partial charge in [-0.25, -0.2) is 13.2 Å². The van der Waals surface area contributed by atoms with Crippen LogP contribution < -0.4 is 10.0 Å². The van der Waals surface area contributed by atoms with Gasteiger partial charge in [-0.05, 0) is 25.1 Å². The van der Waals surface area contributed by atoms with Crippen LogP contribution in [-0.2, 0) is 19.6 Å². The lowest BCUT2D eigenvalue weighted by atomic mass is 10.2. The van der Waals surface area contributed by atoms with Crippen molar-refractivity contribution in [1.82, 2.24) is 0 Å². The molecule has 0 aliphatic carbocycles. The van der Waals surface area contributed by atoms with Crippen molar-refractivity contribution in [3.05, 3.63) is 23.8 Å². The molecule has 3 N–H and O–H groups in total. The second kappa shape index (κ2) is 6.44. The number of esters is 1. The summed E-state index contributed by atoms with van der Waals surface area (Å²) in [6.07, 6.45) is 0. The first-order valence-electron chi connectivity index (χ1n) is 5.93.